The molecule has 2 atom stereocenters. The van der Waals surface area contributed by atoms with Gasteiger partial charge in [0, 0.05) is 37.9 Å². The molecule has 0 bridgehead atoms. The summed E-state index contributed by atoms with van der Waals surface area (Å²) in [6, 6.07) is 16.7. The van der Waals surface area contributed by atoms with Crippen molar-refractivity contribution in [2.75, 3.05) is 19.6 Å². The highest BCUT2D eigenvalue weighted by Crippen LogP contribution is 2.28. The van der Waals surface area contributed by atoms with Crippen LogP contribution in [0.4, 0.5) is 0 Å². The van der Waals surface area contributed by atoms with Gasteiger partial charge in [-0.25, -0.2) is 0 Å². The molecule has 4 heteroatoms. The van der Waals surface area contributed by atoms with Gasteiger partial charge in [-0.15, -0.1) is 0 Å². The minimum absolute atomic E-state index is 0.449. The highest BCUT2D eigenvalue weighted by Gasteiger charge is 2.25. The molecule has 0 radical (unpaired) electrons. The first kappa shape index (κ1) is 16.3. The Bertz CT molecular complexity index is 857. The van der Waals surface area contributed by atoms with Crippen LogP contribution >= 0.6 is 0 Å². The number of nitrogens with zero attached hydrogens (tertiary/aromatic N) is 3. The average Bonchev–Trinajstić information content (AvgIpc) is 3.07. The number of aromatic nitrogens is 2. The van der Waals surface area contributed by atoms with Gasteiger partial charge in [0.2, 0.25) is 0 Å². The van der Waals surface area contributed by atoms with E-state index in [2.05, 4.69) is 46.4 Å². The van der Waals surface area contributed by atoms with Gasteiger partial charge in [0.05, 0.1) is 6.10 Å². The molecule has 2 aromatic carbocycles. The van der Waals surface area contributed by atoms with Crippen molar-refractivity contribution in [3.63, 3.8) is 0 Å². The highest BCUT2D eigenvalue weighted by molar-refractivity contribution is 5.83. The van der Waals surface area contributed by atoms with Crippen molar-refractivity contribution in [1.29, 1.82) is 0 Å². The number of aryl methyl sites for hydroxylation is 1. The van der Waals surface area contributed by atoms with Gasteiger partial charge in [-0.05, 0) is 47.9 Å². The Morgan fingerprint density at radius 3 is 2.80 bits per heavy atom. The number of β-amino-alcohol motifs (C(OH)–C–C–N with tert-alkyl or cyclic N) is 1. The number of rotatable bonds is 4. The number of likely N-dealkylation sites (tertiary alicyclic amines) is 1. The van der Waals surface area contributed by atoms with Crippen LogP contribution in [0.1, 0.15) is 36.1 Å². The summed E-state index contributed by atoms with van der Waals surface area (Å²) in [6.45, 7) is 2.73. The fraction of sp³-hybridized carbons (Fsp3) is 0.381. The highest BCUT2D eigenvalue weighted by atomic mass is 16.3. The third-order valence-corrected chi connectivity index (χ3v) is 5.37. The molecule has 0 aliphatic carbocycles. The van der Waals surface area contributed by atoms with E-state index in [0.717, 1.165) is 18.7 Å². The fourth-order valence-electron chi connectivity index (χ4n) is 4.01. The molecule has 1 aliphatic heterocycles. The van der Waals surface area contributed by atoms with E-state index in [9.17, 15) is 5.11 Å². The van der Waals surface area contributed by atoms with Crippen LogP contribution in [0.25, 0.3) is 10.8 Å². The largest absolute Gasteiger partial charge is 0.387 e. The Kier molecular flexibility index (Phi) is 4.55. The summed E-state index contributed by atoms with van der Waals surface area (Å²) in [7, 11) is 2.01. The number of hydrogen-bond donors (Lipinski definition) is 1. The number of benzene rings is 2. The van der Waals surface area contributed by atoms with E-state index >= 15 is 0 Å². The molecule has 1 saturated heterocycles. The lowest BCUT2D eigenvalue weighted by Gasteiger charge is -2.34. The first-order valence-corrected chi connectivity index (χ1v) is 9.08. The average molecular weight is 335 g/mol. The molecule has 1 aliphatic rings. The van der Waals surface area contributed by atoms with Crippen LogP contribution in [0, 0.1) is 0 Å². The predicted molar refractivity (Wildman–Crippen MR) is 101 cm³/mol. The molecule has 25 heavy (non-hydrogen) atoms. The van der Waals surface area contributed by atoms with Crippen LogP contribution in [0.15, 0.2) is 54.7 Å². The van der Waals surface area contributed by atoms with E-state index in [1.807, 2.05) is 30.1 Å². The molecule has 2 heterocycles. The summed E-state index contributed by atoms with van der Waals surface area (Å²) in [4.78, 5) is 2.39. The number of aliphatic hydroxyl groups excluding tert-OH is 1. The van der Waals surface area contributed by atoms with Gasteiger partial charge in [0.25, 0.3) is 0 Å². The van der Waals surface area contributed by atoms with Crippen LogP contribution in [0.5, 0.6) is 0 Å². The molecule has 1 aromatic heterocycles. The van der Waals surface area contributed by atoms with E-state index in [1.54, 1.807) is 0 Å². The molecule has 1 fully saturated rings. The number of piperidine rings is 1. The molecule has 130 valence electrons. The summed E-state index contributed by atoms with van der Waals surface area (Å²) >= 11 is 0. The van der Waals surface area contributed by atoms with Crippen LogP contribution in [0.2, 0.25) is 0 Å². The monoisotopic (exact) mass is 335 g/mol. The van der Waals surface area contributed by atoms with Gasteiger partial charge in [-0.2, -0.15) is 5.10 Å². The molecule has 0 spiro atoms. The normalized spacial score (nSPS) is 20.0. The lowest BCUT2D eigenvalue weighted by atomic mass is 9.94. The Morgan fingerprint density at radius 2 is 2.00 bits per heavy atom. The maximum Gasteiger partial charge on any atom is 0.0917 e. The van der Waals surface area contributed by atoms with Crippen LogP contribution in [-0.2, 0) is 7.05 Å². The number of aliphatic hydroxyl groups is 1. The van der Waals surface area contributed by atoms with Crippen molar-refractivity contribution in [3.8, 4) is 0 Å². The summed E-state index contributed by atoms with van der Waals surface area (Å²) in [6.07, 6.45) is 3.79. The van der Waals surface area contributed by atoms with E-state index in [4.69, 9.17) is 0 Å². The van der Waals surface area contributed by atoms with Gasteiger partial charge in [-0.3, -0.25) is 9.58 Å². The topological polar surface area (TPSA) is 41.3 Å². The van der Waals surface area contributed by atoms with Crippen LogP contribution in [0.3, 0.4) is 0 Å². The third-order valence-electron chi connectivity index (χ3n) is 5.37. The van der Waals surface area contributed by atoms with E-state index in [-0.39, 0.29) is 0 Å². The molecular formula is C21H25N3O. The molecular weight excluding hydrogens is 310 g/mol. The Balaban J connectivity index is 1.46. The van der Waals surface area contributed by atoms with Gasteiger partial charge in [0.15, 0.2) is 0 Å². The fourth-order valence-corrected chi connectivity index (χ4v) is 4.01. The van der Waals surface area contributed by atoms with Crippen molar-refractivity contribution in [3.05, 3.63) is 66.0 Å². The van der Waals surface area contributed by atoms with Gasteiger partial charge >= 0.3 is 0 Å². The van der Waals surface area contributed by atoms with Gasteiger partial charge in [0.1, 0.15) is 0 Å². The van der Waals surface area contributed by atoms with Crippen molar-refractivity contribution in [2.24, 2.45) is 7.05 Å². The smallest absolute Gasteiger partial charge is 0.0917 e. The second kappa shape index (κ2) is 6.98. The van der Waals surface area contributed by atoms with Gasteiger partial charge < -0.3 is 5.11 Å². The minimum Gasteiger partial charge on any atom is -0.387 e. The molecule has 0 amide bonds. The first-order valence-electron chi connectivity index (χ1n) is 9.08. The van der Waals surface area contributed by atoms with E-state index in [1.165, 1.54) is 29.3 Å². The SMILES string of the molecule is Cn1nccc1C1CCCN(CC(O)c2ccc3ccccc3c2)C1. The zero-order valence-electron chi connectivity index (χ0n) is 14.7. The summed E-state index contributed by atoms with van der Waals surface area (Å²) in [5.74, 6) is 0.505. The quantitative estimate of drug-likeness (QED) is 0.793. The molecule has 0 saturated carbocycles. The van der Waals surface area contributed by atoms with E-state index < -0.39 is 6.10 Å². The van der Waals surface area contributed by atoms with Crippen molar-refractivity contribution in [1.82, 2.24) is 14.7 Å². The maximum atomic E-state index is 10.7. The minimum atomic E-state index is -0.449. The number of hydrogen-bond acceptors (Lipinski definition) is 3. The number of fused-ring (bicyclic) bond motifs is 1. The van der Waals surface area contributed by atoms with Gasteiger partial charge in [-0.1, -0.05) is 36.4 Å². The molecule has 1 N–H and O–H groups in total. The lowest BCUT2D eigenvalue weighted by Crippen LogP contribution is -2.37. The second-order valence-corrected chi connectivity index (χ2v) is 7.10. The van der Waals surface area contributed by atoms with Crippen molar-refractivity contribution in [2.45, 2.75) is 24.9 Å². The second-order valence-electron chi connectivity index (χ2n) is 7.10. The zero-order chi connectivity index (χ0) is 17.2. The standard InChI is InChI=1S/C21H25N3O/c1-23-20(10-11-22-23)19-7-4-12-24(14-19)15-21(25)18-9-8-16-5-2-3-6-17(16)13-18/h2-3,5-6,8-11,13,19,21,25H,4,7,12,14-15H2,1H3. The predicted octanol–water partition coefficient (Wildman–Crippen LogP) is 3.49. The van der Waals surface area contributed by atoms with Crippen LogP contribution < -0.4 is 0 Å². The Hall–Kier alpha value is -2.17. The molecule has 2 unspecified atom stereocenters. The van der Waals surface area contributed by atoms with Crippen LogP contribution in [-0.4, -0.2) is 39.4 Å². The first-order chi connectivity index (χ1) is 12.2. The van der Waals surface area contributed by atoms with Crippen molar-refractivity contribution >= 4 is 10.8 Å². The summed E-state index contributed by atoms with van der Waals surface area (Å²) in [5.41, 5.74) is 2.30. The molecule has 4 nitrogen and oxygen atoms in total. The Labute approximate surface area is 148 Å². The molecule has 4 rings (SSSR count). The zero-order valence-corrected chi connectivity index (χ0v) is 14.7. The van der Waals surface area contributed by atoms with E-state index in [0.29, 0.717) is 12.5 Å². The summed E-state index contributed by atoms with van der Waals surface area (Å²) < 4.78 is 1.98. The molecule has 3 aromatic rings. The Morgan fingerprint density at radius 1 is 1.16 bits per heavy atom. The lowest BCUT2D eigenvalue weighted by molar-refractivity contribution is 0.0947. The summed E-state index contributed by atoms with van der Waals surface area (Å²) in [5, 5.41) is 17.4. The van der Waals surface area contributed by atoms with Crippen molar-refractivity contribution < 1.29 is 5.11 Å². The maximum absolute atomic E-state index is 10.7. The third kappa shape index (κ3) is 3.46.